The predicted octanol–water partition coefficient (Wildman–Crippen LogP) is 3.45. The van der Waals surface area contributed by atoms with Gasteiger partial charge >= 0.3 is 0 Å². The van der Waals surface area contributed by atoms with Crippen LogP contribution in [-0.2, 0) is 4.79 Å². The fraction of sp³-hybridized carbons (Fsp3) is 0.650. The Balaban J connectivity index is 1.93. The van der Waals surface area contributed by atoms with Gasteiger partial charge in [-0.1, -0.05) is 25.3 Å². The van der Waals surface area contributed by atoms with Crippen molar-refractivity contribution in [2.24, 2.45) is 0 Å². The van der Waals surface area contributed by atoms with E-state index in [0.29, 0.717) is 6.54 Å². The number of likely N-dealkylation sites (N-methyl/N-ethyl adjacent to an activating group) is 1. The van der Waals surface area contributed by atoms with Gasteiger partial charge in [-0.3, -0.25) is 4.79 Å². The molecule has 24 heavy (non-hydrogen) atoms. The maximum absolute atomic E-state index is 12.5. The van der Waals surface area contributed by atoms with Gasteiger partial charge in [-0.2, -0.15) is 0 Å². The first-order chi connectivity index (χ1) is 11.3. The number of rotatable bonds is 6. The molecular weight excluding hydrogens is 300 g/mol. The molecule has 1 N–H and O–H groups in total. The van der Waals surface area contributed by atoms with E-state index in [9.17, 15) is 4.79 Å². The molecule has 0 aromatic heterocycles. The number of carbonyl (C=O) groups is 1. The number of amides is 1. The summed E-state index contributed by atoms with van der Waals surface area (Å²) in [5.41, 5.74) is 2.38. The van der Waals surface area contributed by atoms with E-state index in [1.54, 1.807) is 0 Å². The lowest BCUT2D eigenvalue weighted by Gasteiger charge is -2.43. The molecule has 0 aliphatic heterocycles. The lowest BCUT2D eigenvalue weighted by atomic mass is 9.80. The van der Waals surface area contributed by atoms with Crippen LogP contribution in [-0.4, -0.2) is 43.1 Å². The highest BCUT2D eigenvalue weighted by atomic mass is 16.5. The molecule has 0 bridgehead atoms. The zero-order valence-electron chi connectivity index (χ0n) is 15.8. The van der Waals surface area contributed by atoms with E-state index in [4.69, 9.17) is 4.74 Å². The molecule has 0 heterocycles. The first kappa shape index (κ1) is 18.8. The van der Waals surface area contributed by atoms with Crippen LogP contribution < -0.4 is 10.1 Å². The van der Waals surface area contributed by atoms with E-state index < -0.39 is 6.10 Å². The van der Waals surface area contributed by atoms with Gasteiger partial charge in [-0.05, 0) is 71.0 Å². The summed E-state index contributed by atoms with van der Waals surface area (Å²) in [5.74, 6) is 0.719. The van der Waals surface area contributed by atoms with Crippen molar-refractivity contribution >= 4 is 5.91 Å². The average molecular weight is 332 g/mol. The molecule has 1 aliphatic rings. The van der Waals surface area contributed by atoms with Crippen LogP contribution in [0.2, 0.25) is 0 Å². The van der Waals surface area contributed by atoms with Crippen LogP contribution in [0.5, 0.6) is 5.75 Å². The molecular formula is C20H32N2O2. The summed E-state index contributed by atoms with van der Waals surface area (Å²) in [6, 6.07) is 6.04. The third kappa shape index (κ3) is 4.73. The van der Waals surface area contributed by atoms with Crippen molar-refractivity contribution in [3.63, 3.8) is 0 Å². The van der Waals surface area contributed by atoms with Gasteiger partial charge in [-0.25, -0.2) is 0 Å². The van der Waals surface area contributed by atoms with E-state index in [2.05, 4.69) is 30.4 Å². The average Bonchev–Trinajstić information content (AvgIpc) is 2.52. The van der Waals surface area contributed by atoms with Crippen molar-refractivity contribution in [3.8, 4) is 5.75 Å². The molecule has 0 saturated heterocycles. The third-order valence-corrected chi connectivity index (χ3v) is 5.20. The summed E-state index contributed by atoms with van der Waals surface area (Å²) in [4.78, 5) is 14.7. The second-order valence-corrected chi connectivity index (χ2v) is 7.48. The molecule has 134 valence electrons. The monoisotopic (exact) mass is 332 g/mol. The van der Waals surface area contributed by atoms with Gasteiger partial charge in [0, 0.05) is 12.1 Å². The van der Waals surface area contributed by atoms with Gasteiger partial charge in [0.05, 0.1) is 0 Å². The number of aryl methyl sites for hydroxylation is 2. The molecule has 1 aliphatic carbocycles. The highest BCUT2D eigenvalue weighted by Gasteiger charge is 2.34. The Bertz CT molecular complexity index is 543. The number of carbonyl (C=O) groups excluding carboxylic acids is 1. The van der Waals surface area contributed by atoms with Crippen LogP contribution in [0.15, 0.2) is 18.2 Å². The SMILES string of the molecule is Cc1cc(C)cc(OC(C)C(=O)NCC2(N(C)C)CCCCC2)c1. The van der Waals surface area contributed by atoms with Gasteiger partial charge in [0.25, 0.3) is 5.91 Å². The molecule has 2 rings (SSSR count). The smallest absolute Gasteiger partial charge is 0.260 e. The fourth-order valence-corrected chi connectivity index (χ4v) is 3.65. The van der Waals surface area contributed by atoms with E-state index in [0.717, 1.165) is 29.7 Å². The topological polar surface area (TPSA) is 41.6 Å². The lowest BCUT2D eigenvalue weighted by Crippen LogP contribution is -2.55. The highest BCUT2D eigenvalue weighted by molar-refractivity contribution is 5.80. The minimum atomic E-state index is -0.492. The molecule has 1 saturated carbocycles. The third-order valence-electron chi connectivity index (χ3n) is 5.20. The number of hydrogen-bond acceptors (Lipinski definition) is 3. The summed E-state index contributed by atoms with van der Waals surface area (Å²) in [6.45, 7) is 6.58. The molecule has 0 spiro atoms. The van der Waals surface area contributed by atoms with Crippen molar-refractivity contribution in [1.82, 2.24) is 10.2 Å². The number of hydrogen-bond donors (Lipinski definition) is 1. The zero-order valence-corrected chi connectivity index (χ0v) is 15.8. The van der Waals surface area contributed by atoms with Gasteiger partial charge < -0.3 is 15.0 Å². The van der Waals surface area contributed by atoms with Crippen molar-refractivity contribution in [2.45, 2.75) is 64.5 Å². The number of ether oxygens (including phenoxy) is 1. The maximum Gasteiger partial charge on any atom is 0.260 e. The maximum atomic E-state index is 12.5. The minimum absolute atomic E-state index is 0.0408. The van der Waals surface area contributed by atoms with Crippen LogP contribution in [0.1, 0.15) is 50.2 Å². The molecule has 1 atom stereocenters. The Hall–Kier alpha value is -1.55. The van der Waals surface area contributed by atoms with Crippen molar-refractivity contribution in [3.05, 3.63) is 29.3 Å². The molecule has 1 aromatic rings. The van der Waals surface area contributed by atoms with E-state index in [1.807, 2.05) is 32.9 Å². The molecule has 1 amide bonds. The lowest BCUT2D eigenvalue weighted by molar-refractivity contribution is -0.128. The van der Waals surface area contributed by atoms with E-state index >= 15 is 0 Å². The normalized spacial score (nSPS) is 18.2. The van der Waals surface area contributed by atoms with Crippen LogP contribution in [0, 0.1) is 13.8 Å². The predicted molar refractivity (Wildman–Crippen MR) is 98.5 cm³/mol. The van der Waals surface area contributed by atoms with Crippen LogP contribution in [0.25, 0.3) is 0 Å². The van der Waals surface area contributed by atoms with Crippen molar-refractivity contribution in [2.75, 3.05) is 20.6 Å². The molecule has 4 nitrogen and oxygen atoms in total. The van der Waals surface area contributed by atoms with Crippen LogP contribution in [0.3, 0.4) is 0 Å². The Morgan fingerprint density at radius 1 is 1.17 bits per heavy atom. The Labute approximate surface area is 146 Å². The van der Waals surface area contributed by atoms with Crippen LogP contribution in [0.4, 0.5) is 0 Å². The Kier molecular flexibility index (Phi) is 6.27. The largest absolute Gasteiger partial charge is 0.481 e. The van der Waals surface area contributed by atoms with Crippen molar-refractivity contribution < 1.29 is 9.53 Å². The second-order valence-electron chi connectivity index (χ2n) is 7.48. The molecule has 1 fully saturated rings. The quantitative estimate of drug-likeness (QED) is 0.867. The highest BCUT2D eigenvalue weighted by Crippen LogP contribution is 2.31. The van der Waals surface area contributed by atoms with E-state index in [1.165, 1.54) is 19.3 Å². The summed E-state index contributed by atoms with van der Waals surface area (Å²) in [5, 5.41) is 3.12. The molecule has 1 aromatic carbocycles. The van der Waals surface area contributed by atoms with Gasteiger partial charge in [0.1, 0.15) is 5.75 Å². The first-order valence-corrected chi connectivity index (χ1v) is 9.02. The zero-order chi connectivity index (χ0) is 17.7. The first-order valence-electron chi connectivity index (χ1n) is 9.02. The fourth-order valence-electron chi connectivity index (χ4n) is 3.65. The van der Waals surface area contributed by atoms with Crippen LogP contribution >= 0.6 is 0 Å². The molecule has 1 unspecified atom stereocenters. The summed E-state index contributed by atoms with van der Waals surface area (Å²) in [6.07, 6.45) is 5.58. The number of nitrogens with zero attached hydrogens (tertiary/aromatic N) is 1. The summed E-state index contributed by atoms with van der Waals surface area (Å²) < 4.78 is 5.85. The number of benzene rings is 1. The second kappa shape index (κ2) is 8.02. The molecule has 4 heteroatoms. The summed E-state index contributed by atoms with van der Waals surface area (Å²) in [7, 11) is 4.24. The standard InChI is InChI=1S/C20H32N2O2/c1-15-11-16(2)13-18(12-15)24-17(3)19(23)21-14-20(22(4)5)9-7-6-8-10-20/h11-13,17H,6-10,14H2,1-5H3,(H,21,23). The Morgan fingerprint density at radius 3 is 2.29 bits per heavy atom. The van der Waals surface area contributed by atoms with Gasteiger partial charge in [0.2, 0.25) is 0 Å². The minimum Gasteiger partial charge on any atom is -0.481 e. The molecule has 0 radical (unpaired) electrons. The van der Waals surface area contributed by atoms with E-state index in [-0.39, 0.29) is 11.4 Å². The van der Waals surface area contributed by atoms with Gasteiger partial charge in [0.15, 0.2) is 6.10 Å². The Morgan fingerprint density at radius 2 is 1.75 bits per heavy atom. The van der Waals surface area contributed by atoms with Gasteiger partial charge in [-0.15, -0.1) is 0 Å². The summed E-state index contributed by atoms with van der Waals surface area (Å²) >= 11 is 0. The van der Waals surface area contributed by atoms with Crippen molar-refractivity contribution in [1.29, 1.82) is 0 Å². The number of nitrogens with one attached hydrogen (secondary N) is 1.